The lowest BCUT2D eigenvalue weighted by molar-refractivity contribution is -0.117. The van der Waals surface area contributed by atoms with Crippen molar-refractivity contribution in [3.05, 3.63) is 22.4 Å². The summed E-state index contributed by atoms with van der Waals surface area (Å²) in [7, 11) is 1.31. The lowest BCUT2D eigenvalue weighted by atomic mass is 10.1. The van der Waals surface area contributed by atoms with Crippen LogP contribution in [0.2, 0.25) is 0 Å². The second-order valence-corrected chi connectivity index (χ2v) is 5.70. The van der Waals surface area contributed by atoms with Crippen LogP contribution in [0.15, 0.2) is 16.9 Å². The Morgan fingerprint density at radius 3 is 2.95 bits per heavy atom. The third kappa shape index (κ3) is 2.97. The number of pyridine rings is 1. The fraction of sp³-hybridized carbons (Fsp3) is 0.417. The third-order valence-corrected chi connectivity index (χ3v) is 4.32. The third-order valence-electron chi connectivity index (χ3n) is 2.97. The average Bonchev–Trinajstić information content (AvgIpc) is 2.79. The molecule has 1 atom stereocenters. The lowest BCUT2D eigenvalue weighted by Crippen LogP contribution is -2.27. The van der Waals surface area contributed by atoms with Gasteiger partial charge in [-0.1, -0.05) is 15.9 Å². The van der Waals surface area contributed by atoms with Crippen molar-refractivity contribution in [2.24, 2.45) is 5.92 Å². The molecule has 2 rings (SSSR count). The molecule has 1 aliphatic rings. The van der Waals surface area contributed by atoms with Crippen LogP contribution in [-0.4, -0.2) is 35.8 Å². The molecule has 0 radical (unpaired) electrons. The van der Waals surface area contributed by atoms with Crippen LogP contribution < -0.4 is 4.90 Å². The number of hydrogen-bond donors (Lipinski definition) is 0. The van der Waals surface area contributed by atoms with E-state index in [9.17, 15) is 9.59 Å². The summed E-state index contributed by atoms with van der Waals surface area (Å²) in [6.07, 6.45) is 1.99. The van der Waals surface area contributed by atoms with Crippen LogP contribution in [0.1, 0.15) is 16.8 Å². The fourth-order valence-electron chi connectivity index (χ4n) is 2.03. The number of methoxy groups -OCH3 is 1. The predicted octanol–water partition coefficient (Wildman–Crippen LogP) is 2.38. The number of amides is 1. The van der Waals surface area contributed by atoms with Gasteiger partial charge in [0.1, 0.15) is 4.60 Å². The topological polar surface area (TPSA) is 59.5 Å². The highest BCUT2D eigenvalue weighted by Crippen LogP contribution is 2.30. The molecule has 19 heavy (non-hydrogen) atoms. The van der Waals surface area contributed by atoms with E-state index >= 15 is 0 Å². The smallest absolute Gasteiger partial charge is 0.340 e. The summed E-state index contributed by atoms with van der Waals surface area (Å²) >= 11 is 6.60. The largest absolute Gasteiger partial charge is 0.465 e. The number of carbonyl (C=O) groups excluding carboxylic acids is 2. The summed E-state index contributed by atoms with van der Waals surface area (Å²) < 4.78 is 5.27. The molecule has 0 aromatic carbocycles. The van der Waals surface area contributed by atoms with E-state index in [1.807, 2.05) is 0 Å². The van der Waals surface area contributed by atoms with Crippen LogP contribution in [0.4, 0.5) is 5.69 Å². The Balaban J connectivity index is 2.39. The Bertz CT molecular complexity index is 522. The van der Waals surface area contributed by atoms with Crippen molar-refractivity contribution in [1.29, 1.82) is 0 Å². The normalized spacial score (nSPS) is 18.8. The van der Waals surface area contributed by atoms with Gasteiger partial charge in [-0.15, -0.1) is 0 Å². The summed E-state index contributed by atoms with van der Waals surface area (Å²) in [6.45, 7) is 0.581. The van der Waals surface area contributed by atoms with Gasteiger partial charge in [0.25, 0.3) is 0 Å². The lowest BCUT2D eigenvalue weighted by Gasteiger charge is -2.19. The van der Waals surface area contributed by atoms with Gasteiger partial charge in [-0.25, -0.2) is 9.78 Å². The minimum Gasteiger partial charge on any atom is -0.465 e. The molecule has 102 valence electrons. The summed E-state index contributed by atoms with van der Waals surface area (Å²) in [5.74, 6) is -0.228. The van der Waals surface area contributed by atoms with Gasteiger partial charge in [-0.2, -0.15) is 0 Å². The van der Waals surface area contributed by atoms with Crippen LogP contribution in [0.3, 0.4) is 0 Å². The monoisotopic (exact) mass is 390 g/mol. The van der Waals surface area contributed by atoms with Crippen LogP contribution in [0, 0.1) is 5.92 Å². The number of carbonyl (C=O) groups is 2. The number of nitrogens with zero attached hydrogens (tertiary/aromatic N) is 2. The molecule has 5 nitrogen and oxygen atoms in total. The van der Waals surface area contributed by atoms with Crippen molar-refractivity contribution in [2.45, 2.75) is 6.42 Å². The highest BCUT2D eigenvalue weighted by atomic mass is 79.9. The van der Waals surface area contributed by atoms with Gasteiger partial charge in [0.15, 0.2) is 0 Å². The molecule has 0 N–H and O–H groups in total. The molecule has 0 saturated carbocycles. The van der Waals surface area contributed by atoms with Crippen LogP contribution in [-0.2, 0) is 9.53 Å². The minimum atomic E-state index is -0.479. The van der Waals surface area contributed by atoms with E-state index in [2.05, 4.69) is 36.8 Å². The Kier molecular flexibility index (Phi) is 4.57. The molecule has 1 aromatic rings. The molecule has 1 fully saturated rings. The molecular formula is C12H12Br2N2O3. The number of hydrogen-bond acceptors (Lipinski definition) is 4. The van der Waals surface area contributed by atoms with Gasteiger partial charge in [0, 0.05) is 18.3 Å². The molecule has 7 heteroatoms. The first-order valence-corrected chi connectivity index (χ1v) is 7.58. The van der Waals surface area contributed by atoms with E-state index in [0.717, 1.165) is 5.33 Å². The molecule has 1 aliphatic heterocycles. The zero-order chi connectivity index (χ0) is 14.0. The van der Waals surface area contributed by atoms with Crippen LogP contribution >= 0.6 is 31.9 Å². The first-order valence-electron chi connectivity index (χ1n) is 5.67. The maximum atomic E-state index is 12.0. The number of halogens is 2. The molecule has 1 aromatic heterocycles. The summed E-state index contributed by atoms with van der Waals surface area (Å²) in [5.41, 5.74) is 0.844. The number of anilines is 1. The standard InChI is InChI=1S/C12H12Br2N2O3/c1-19-12(18)8-3-10(14)15-5-9(8)16-6-7(4-13)2-11(16)17/h3,5,7H,2,4,6H2,1H3. The van der Waals surface area contributed by atoms with Crippen molar-refractivity contribution in [1.82, 2.24) is 4.98 Å². The molecule has 2 heterocycles. The maximum Gasteiger partial charge on any atom is 0.340 e. The molecule has 0 aliphatic carbocycles. The summed E-state index contributed by atoms with van der Waals surface area (Å²) in [5, 5.41) is 0.757. The predicted molar refractivity (Wildman–Crippen MR) is 77.5 cm³/mol. The zero-order valence-electron chi connectivity index (χ0n) is 10.2. The molecule has 1 unspecified atom stereocenters. The quantitative estimate of drug-likeness (QED) is 0.451. The second kappa shape index (κ2) is 6.00. The van der Waals surface area contributed by atoms with E-state index < -0.39 is 5.97 Å². The first kappa shape index (κ1) is 14.5. The number of rotatable bonds is 3. The number of alkyl halides is 1. The van der Waals surface area contributed by atoms with E-state index in [1.165, 1.54) is 13.3 Å². The Labute approximate surface area is 127 Å². The van der Waals surface area contributed by atoms with E-state index in [1.54, 1.807) is 11.0 Å². The van der Waals surface area contributed by atoms with E-state index in [-0.39, 0.29) is 11.8 Å². The maximum absolute atomic E-state index is 12.0. The van der Waals surface area contributed by atoms with E-state index in [0.29, 0.717) is 28.8 Å². The Morgan fingerprint density at radius 2 is 2.37 bits per heavy atom. The summed E-state index contributed by atoms with van der Waals surface area (Å²) in [6, 6.07) is 1.57. The molecule has 1 saturated heterocycles. The molecule has 0 bridgehead atoms. The van der Waals surface area contributed by atoms with Crippen LogP contribution in [0.25, 0.3) is 0 Å². The minimum absolute atomic E-state index is 0.00118. The van der Waals surface area contributed by atoms with Gasteiger partial charge in [0.05, 0.1) is 24.6 Å². The van der Waals surface area contributed by atoms with Crippen molar-refractivity contribution < 1.29 is 14.3 Å². The Hall–Kier alpha value is -0.950. The van der Waals surface area contributed by atoms with Gasteiger partial charge in [-0.05, 0) is 27.9 Å². The van der Waals surface area contributed by atoms with Crippen molar-refractivity contribution in [2.75, 3.05) is 23.9 Å². The first-order chi connectivity index (χ1) is 9.06. The fourth-order valence-corrected chi connectivity index (χ4v) is 2.79. The molecule has 1 amide bonds. The number of ether oxygens (including phenoxy) is 1. The zero-order valence-corrected chi connectivity index (χ0v) is 13.4. The van der Waals surface area contributed by atoms with Crippen molar-refractivity contribution in [3.8, 4) is 0 Å². The number of aromatic nitrogens is 1. The van der Waals surface area contributed by atoms with Gasteiger partial charge >= 0.3 is 5.97 Å². The van der Waals surface area contributed by atoms with Crippen molar-refractivity contribution >= 4 is 49.4 Å². The molecule has 0 spiro atoms. The number of esters is 1. The van der Waals surface area contributed by atoms with E-state index in [4.69, 9.17) is 4.74 Å². The summed E-state index contributed by atoms with van der Waals surface area (Å²) in [4.78, 5) is 29.5. The highest BCUT2D eigenvalue weighted by molar-refractivity contribution is 9.10. The Morgan fingerprint density at radius 1 is 1.63 bits per heavy atom. The average molecular weight is 392 g/mol. The highest BCUT2D eigenvalue weighted by Gasteiger charge is 2.32. The second-order valence-electron chi connectivity index (χ2n) is 4.24. The van der Waals surface area contributed by atoms with Crippen LogP contribution in [0.5, 0.6) is 0 Å². The molecular weight excluding hydrogens is 380 g/mol. The van der Waals surface area contributed by atoms with Crippen molar-refractivity contribution in [3.63, 3.8) is 0 Å². The van der Waals surface area contributed by atoms with Gasteiger partial charge in [0.2, 0.25) is 5.91 Å². The SMILES string of the molecule is COC(=O)c1cc(Br)ncc1N1CC(CBr)CC1=O. The van der Waals surface area contributed by atoms with Gasteiger partial charge in [-0.3, -0.25) is 4.79 Å². The van der Waals surface area contributed by atoms with Gasteiger partial charge < -0.3 is 9.64 Å².